The van der Waals surface area contributed by atoms with Gasteiger partial charge in [0.1, 0.15) is 11.5 Å². The average Bonchev–Trinajstić information content (AvgIpc) is 3.46. The first-order chi connectivity index (χ1) is 17.7. The molecule has 4 aromatic rings. The average molecular weight is 464 g/mol. The maximum atomic E-state index is 12.8. The summed E-state index contributed by atoms with van der Waals surface area (Å²) in [5, 5.41) is 7.24. The Bertz CT molecular complexity index is 1340. The van der Waals surface area contributed by atoms with E-state index < -0.39 is 7.04 Å². The summed E-state index contributed by atoms with van der Waals surface area (Å²) in [6, 6.07) is 13.1. The number of piperazine rings is 1. The van der Waals surface area contributed by atoms with Crippen molar-refractivity contribution in [2.45, 2.75) is 0 Å². The van der Waals surface area contributed by atoms with Crippen LogP contribution in [0.3, 0.4) is 0 Å². The summed E-state index contributed by atoms with van der Waals surface area (Å²) >= 11 is 0. The van der Waals surface area contributed by atoms with Gasteiger partial charge in [0.05, 0.1) is 27.3 Å². The minimum absolute atomic E-state index is 0.175. The number of rotatable bonds is 7. The second kappa shape index (κ2) is 9.62. The minimum Gasteiger partial charge on any atom is -0.383 e. The third-order valence-corrected chi connectivity index (χ3v) is 5.97. The molecule has 0 atom stereocenters. The Morgan fingerprint density at radius 1 is 1.21 bits per heavy atom. The topological polar surface area (TPSA) is 104 Å². The van der Waals surface area contributed by atoms with E-state index >= 15 is 0 Å². The first kappa shape index (κ1) is 18.6. The van der Waals surface area contributed by atoms with Crippen LogP contribution in [-0.4, -0.2) is 81.9 Å². The largest absolute Gasteiger partial charge is 0.383 e. The number of hydrogen-bond acceptors (Lipinski definition) is 7. The lowest BCUT2D eigenvalue weighted by atomic mass is 10.2. The van der Waals surface area contributed by atoms with Crippen LogP contribution in [-0.2, 0) is 11.8 Å². The second-order valence-corrected chi connectivity index (χ2v) is 8.18. The highest BCUT2D eigenvalue weighted by Crippen LogP contribution is 2.23. The number of benzene rings is 1. The molecular weight excluding hydrogens is 432 g/mol. The van der Waals surface area contributed by atoms with E-state index in [4.69, 9.17) is 8.85 Å². The van der Waals surface area contributed by atoms with Crippen LogP contribution < -0.4 is 10.2 Å². The Morgan fingerprint density at radius 2 is 2.06 bits per heavy atom. The summed E-state index contributed by atoms with van der Waals surface area (Å²) in [5.41, 5.74) is 2.97. The summed E-state index contributed by atoms with van der Waals surface area (Å²) in [7, 11) is -0.554. The van der Waals surface area contributed by atoms with Crippen LogP contribution in [0.4, 0.5) is 11.6 Å². The lowest BCUT2D eigenvalue weighted by Crippen LogP contribution is -2.47. The van der Waals surface area contributed by atoms with E-state index in [9.17, 15) is 4.79 Å². The number of methoxy groups -OCH3 is 1. The lowest BCUT2D eigenvalue weighted by Gasteiger charge is -2.35. The number of aryl methyl sites for hydroxylation is 1. The highest BCUT2D eigenvalue weighted by atomic mass is 16.5. The molecule has 0 unspecified atom stereocenters. The number of anilines is 2. The molecule has 1 fully saturated rings. The number of imidazole rings is 1. The number of nitrogens with one attached hydrogen (secondary N) is 2. The predicted molar refractivity (Wildman–Crippen MR) is 131 cm³/mol. The van der Waals surface area contributed by atoms with Gasteiger partial charge < -0.3 is 19.9 Å². The molecule has 10 heteroatoms. The first-order valence-electron chi connectivity index (χ1n) is 12.6. The number of para-hydroxylation sites is 2. The molecule has 0 bridgehead atoms. The van der Waals surface area contributed by atoms with Gasteiger partial charge in [-0.3, -0.25) is 14.4 Å². The van der Waals surface area contributed by atoms with Gasteiger partial charge >= 0.3 is 0 Å². The number of nitrogens with zero attached hydrogens (tertiary/aromatic N) is 6. The van der Waals surface area contributed by atoms with Gasteiger partial charge in [-0.25, -0.2) is 9.97 Å². The van der Waals surface area contributed by atoms with Crippen LogP contribution in [0.5, 0.6) is 0 Å². The van der Waals surface area contributed by atoms with Gasteiger partial charge in [-0.2, -0.15) is 5.10 Å². The van der Waals surface area contributed by atoms with Crippen molar-refractivity contribution < 1.29 is 13.6 Å². The van der Waals surface area contributed by atoms with E-state index in [0.29, 0.717) is 23.8 Å². The van der Waals surface area contributed by atoms with Crippen LogP contribution in [0.15, 0.2) is 48.7 Å². The molecule has 5 rings (SSSR count). The molecule has 10 nitrogen and oxygen atoms in total. The Morgan fingerprint density at radius 3 is 2.82 bits per heavy atom. The first-order valence-corrected chi connectivity index (χ1v) is 11.1. The zero-order chi connectivity index (χ0) is 26.0. The molecule has 4 heterocycles. The molecule has 3 aromatic heterocycles. The number of aromatic amines is 1. The number of carbonyl (C=O) groups excluding carboxylic acids is 1. The van der Waals surface area contributed by atoms with Gasteiger partial charge in [0.25, 0.3) is 5.91 Å². The lowest BCUT2D eigenvalue weighted by molar-refractivity contribution is 0.102. The van der Waals surface area contributed by atoms with Crippen LogP contribution in [0.2, 0.25) is 0 Å². The standard InChI is InChI=1S/C24H28N8O2/c1-30-20(23-26-18-5-3-4-6-19(18)27-23)15-21(29-30)28-24(33)17-7-8-22(25-16-17)32-11-9-31(10-12-32)13-14-34-2/h3-8,15-16H,9-14H2,1-2H3,(H,26,27)(H,28,29,33)/i2D3. The Balaban J connectivity index is 1.16. The van der Waals surface area contributed by atoms with E-state index in [1.165, 1.54) is 0 Å². The Labute approximate surface area is 201 Å². The molecule has 2 N–H and O–H groups in total. The fourth-order valence-electron chi connectivity index (χ4n) is 4.10. The van der Waals surface area contributed by atoms with E-state index in [2.05, 4.69) is 35.2 Å². The van der Waals surface area contributed by atoms with E-state index in [1.54, 1.807) is 30.1 Å². The summed E-state index contributed by atoms with van der Waals surface area (Å²) in [4.78, 5) is 29.5. The van der Waals surface area contributed by atoms with Crippen molar-refractivity contribution in [3.8, 4) is 11.5 Å². The number of H-pyrrole nitrogens is 1. The summed E-state index contributed by atoms with van der Waals surface area (Å²) in [6.45, 7) is 3.82. The second-order valence-electron chi connectivity index (χ2n) is 8.18. The van der Waals surface area contributed by atoms with Gasteiger partial charge in [0.2, 0.25) is 0 Å². The highest BCUT2D eigenvalue weighted by Gasteiger charge is 2.19. The molecule has 1 aliphatic heterocycles. The van der Waals surface area contributed by atoms with Crippen molar-refractivity contribution in [1.82, 2.24) is 29.6 Å². The number of amides is 1. The fraction of sp³-hybridized carbons (Fsp3) is 0.333. The number of fused-ring (bicyclic) bond motifs is 1. The fourth-order valence-corrected chi connectivity index (χ4v) is 4.10. The van der Waals surface area contributed by atoms with Crippen LogP contribution in [0.25, 0.3) is 22.6 Å². The number of carbonyl (C=O) groups is 1. The zero-order valence-corrected chi connectivity index (χ0v) is 18.9. The third kappa shape index (κ3) is 4.63. The number of aromatic nitrogens is 5. The third-order valence-electron chi connectivity index (χ3n) is 5.97. The van der Waals surface area contributed by atoms with Crippen molar-refractivity contribution >= 4 is 28.6 Å². The minimum atomic E-state index is -2.35. The molecule has 0 saturated carbocycles. The number of pyridine rings is 1. The summed E-state index contributed by atoms with van der Waals surface area (Å²) < 4.78 is 27.8. The van der Waals surface area contributed by atoms with Crippen molar-refractivity contribution in [1.29, 1.82) is 0 Å². The monoisotopic (exact) mass is 463 g/mol. The van der Waals surface area contributed by atoms with Crippen molar-refractivity contribution in [3.05, 3.63) is 54.2 Å². The van der Waals surface area contributed by atoms with Gasteiger partial charge in [-0.1, -0.05) is 12.1 Å². The van der Waals surface area contributed by atoms with Gasteiger partial charge in [-0.15, -0.1) is 0 Å². The Hall–Kier alpha value is -3.76. The molecular formula is C24H28N8O2. The molecule has 1 saturated heterocycles. The normalized spacial score (nSPS) is 16.3. The SMILES string of the molecule is [2H]C([2H])([2H])OCCN1CCN(c2ccc(C(=O)Nc3cc(-c4nc5ccccc5[nH]4)n(C)n3)cn2)CC1. The van der Waals surface area contributed by atoms with Crippen molar-refractivity contribution in [3.63, 3.8) is 0 Å². The summed E-state index contributed by atoms with van der Waals surface area (Å²) in [6.07, 6.45) is 1.56. The molecule has 1 amide bonds. The van der Waals surface area contributed by atoms with Crippen LogP contribution >= 0.6 is 0 Å². The predicted octanol–water partition coefficient (Wildman–Crippen LogP) is 2.38. The molecule has 1 aliphatic rings. The maximum absolute atomic E-state index is 12.8. The van der Waals surface area contributed by atoms with Gasteiger partial charge in [-0.05, 0) is 24.3 Å². The summed E-state index contributed by atoms with van der Waals surface area (Å²) in [5.74, 6) is 1.59. The molecule has 34 heavy (non-hydrogen) atoms. The maximum Gasteiger partial charge on any atom is 0.258 e. The highest BCUT2D eigenvalue weighted by molar-refractivity contribution is 6.03. The van der Waals surface area contributed by atoms with Crippen LogP contribution in [0, 0.1) is 0 Å². The van der Waals surface area contributed by atoms with E-state index in [1.807, 2.05) is 30.3 Å². The molecule has 176 valence electrons. The van der Waals surface area contributed by atoms with Crippen molar-refractivity contribution in [2.75, 3.05) is 56.6 Å². The quantitative estimate of drug-likeness (QED) is 0.434. The number of ether oxygens (including phenoxy) is 1. The molecule has 1 aromatic carbocycles. The van der Waals surface area contributed by atoms with E-state index in [0.717, 1.165) is 48.7 Å². The molecule has 0 spiro atoms. The molecule has 0 radical (unpaired) electrons. The molecule has 0 aliphatic carbocycles. The van der Waals surface area contributed by atoms with Gasteiger partial charge in [0, 0.05) is 59.1 Å². The number of hydrogen-bond donors (Lipinski definition) is 2. The van der Waals surface area contributed by atoms with Gasteiger partial charge in [0.15, 0.2) is 11.6 Å². The zero-order valence-electron chi connectivity index (χ0n) is 21.9. The van der Waals surface area contributed by atoms with Crippen molar-refractivity contribution in [2.24, 2.45) is 7.05 Å². The smallest absolute Gasteiger partial charge is 0.258 e. The Kier molecular flexibility index (Phi) is 5.27. The van der Waals surface area contributed by atoms with E-state index in [-0.39, 0.29) is 12.5 Å². The van der Waals surface area contributed by atoms with Crippen LogP contribution in [0.1, 0.15) is 14.5 Å².